The van der Waals surface area contributed by atoms with Crippen LogP contribution in [0.2, 0.25) is 0 Å². The number of unbranched alkanes of at least 4 members (excludes halogenated alkanes) is 7. The number of ether oxygens (including phenoxy) is 2. The normalized spacial score (nSPS) is 19.3. The minimum absolute atomic E-state index is 0.661. The van der Waals surface area contributed by atoms with Gasteiger partial charge in [0.25, 0.3) is 0 Å². The van der Waals surface area contributed by atoms with Crippen molar-refractivity contribution in [1.82, 2.24) is 0 Å². The SMILES string of the molecule is CCCCCCCCOc1ccc(OC/C=C/C2CCC(CCCCC)CC2)cc1. The molecule has 1 aliphatic carbocycles. The Labute approximate surface area is 186 Å². The highest BCUT2D eigenvalue weighted by Gasteiger charge is 2.18. The third kappa shape index (κ3) is 11.1. The van der Waals surface area contributed by atoms with Gasteiger partial charge in [0.15, 0.2) is 0 Å². The highest BCUT2D eigenvalue weighted by molar-refractivity contribution is 5.31. The first-order valence-corrected chi connectivity index (χ1v) is 12.8. The van der Waals surface area contributed by atoms with Gasteiger partial charge in [-0.05, 0) is 68.2 Å². The van der Waals surface area contributed by atoms with Crippen LogP contribution in [0.25, 0.3) is 0 Å². The van der Waals surface area contributed by atoms with Crippen LogP contribution in [-0.4, -0.2) is 13.2 Å². The largest absolute Gasteiger partial charge is 0.494 e. The van der Waals surface area contributed by atoms with Crippen LogP contribution in [0.15, 0.2) is 36.4 Å². The van der Waals surface area contributed by atoms with Gasteiger partial charge in [0, 0.05) is 0 Å². The van der Waals surface area contributed by atoms with Gasteiger partial charge in [0.2, 0.25) is 0 Å². The molecule has 0 aromatic heterocycles. The summed E-state index contributed by atoms with van der Waals surface area (Å²) in [6.07, 6.45) is 23.6. The number of rotatable bonds is 16. The van der Waals surface area contributed by atoms with Crippen molar-refractivity contribution in [3.05, 3.63) is 36.4 Å². The van der Waals surface area contributed by atoms with E-state index in [4.69, 9.17) is 9.47 Å². The van der Waals surface area contributed by atoms with Crippen LogP contribution in [0.4, 0.5) is 0 Å². The molecule has 0 spiro atoms. The van der Waals surface area contributed by atoms with Crippen LogP contribution in [0.3, 0.4) is 0 Å². The summed E-state index contributed by atoms with van der Waals surface area (Å²) in [6.45, 7) is 6.03. The molecule has 0 unspecified atom stereocenters. The monoisotopic (exact) mass is 414 g/mol. The van der Waals surface area contributed by atoms with Crippen molar-refractivity contribution in [3.8, 4) is 11.5 Å². The average Bonchev–Trinajstić information content (AvgIpc) is 2.78. The molecule has 0 bridgehead atoms. The van der Waals surface area contributed by atoms with Crippen molar-refractivity contribution in [2.45, 2.75) is 104 Å². The van der Waals surface area contributed by atoms with Crippen LogP contribution in [0, 0.1) is 11.8 Å². The predicted molar refractivity (Wildman–Crippen MR) is 130 cm³/mol. The fourth-order valence-electron chi connectivity index (χ4n) is 4.45. The molecule has 0 radical (unpaired) electrons. The number of allylic oxidation sites excluding steroid dienone is 1. The van der Waals surface area contributed by atoms with E-state index in [1.165, 1.54) is 83.5 Å². The zero-order valence-corrected chi connectivity index (χ0v) is 19.7. The minimum atomic E-state index is 0.661. The second-order valence-corrected chi connectivity index (χ2v) is 9.10. The quantitative estimate of drug-likeness (QED) is 0.199. The van der Waals surface area contributed by atoms with E-state index < -0.39 is 0 Å². The van der Waals surface area contributed by atoms with Gasteiger partial charge in [0.1, 0.15) is 18.1 Å². The molecule has 1 fully saturated rings. The zero-order chi connectivity index (χ0) is 21.3. The second-order valence-electron chi connectivity index (χ2n) is 9.10. The molecule has 2 heteroatoms. The minimum Gasteiger partial charge on any atom is -0.494 e. The molecule has 1 aliphatic rings. The van der Waals surface area contributed by atoms with E-state index in [0.29, 0.717) is 6.61 Å². The first-order valence-electron chi connectivity index (χ1n) is 12.8. The summed E-state index contributed by atoms with van der Waals surface area (Å²) in [6, 6.07) is 8.09. The van der Waals surface area contributed by atoms with Crippen molar-refractivity contribution in [2.75, 3.05) is 13.2 Å². The first-order chi connectivity index (χ1) is 14.8. The Balaban J connectivity index is 1.53. The van der Waals surface area contributed by atoms with E-state index in [0.717, 1.165) is 36.4 Å². The molecule has 0 atom stereocenters. The lowest BCUT2D eigenvalue weighted by Crippen LogP contribution is -2.13. The van der Waals surface area contributed by atoms with Crippen molar-refractivity contribution in [3.63, 3.8) is 0 Å². The van der Waals surface area contributed by atoms with E-state index in [9.17, 15) is 0 Å². The van der Waals surface area contributed by atoms with Crippen LogP contribution < -0.4 is 9.47 Å². The lowest BCUT2D eigenvalue weighted by Gasteiger charge is -2.26. The third-order valence-electron chi connectivity index (χ3n) is 6.45. The van der Waals surface area contributed by atoms with Crippen molar-refractivity contribution >= 4 is 0 Å². The first kappa shape index (κ1) is 24.8. The maximum absolute atomic E-state index is 5.88. The third-order valence-corrected chi connectivity index (χ3v) is 6.45. The Kier molecular flexibility index (Phi) is 13.5. The van der Waals surface area contributed by atoms with Crippen LogP contribution in [0.5, 0.6) is 11.5 Å². The van der Waals surface area contributed by atoms with Gasteiger partial charge in [-0.1, -0.05) is 83.8 Å². The van der Waals surface area contributed by atoms with E-state index in [1.54, 1.807) is 0 Å². The number of benzene rings is 1. The summed E-state index contributed by atoms with van der Waals surface area (Å²) >= 11 is 0. The zero-order valence-electron chi connectivity index (χ0n) is 19.7. The smallest absolute Gasteiger partial charge is 0.120 e. The summed E-state index contributed by atoms with van der Waals surface area (Å²) in [4.78, 5) is 0. The van der Waals surface area contributed by atoms with Gasteiger partial charge in [-0.25, -0.2) is 0 Å². The predicted octanol–water partition coefficient (Wildman–Crippen LogP) is 8.75. The van der Waals surface area contributed by atoms with Crippen molar-refractivity contribution < 1.29 is 9.47 Å². The molecule has 1 aromatic carbocycles. The van der Waals surface area contributed by atoms with Gasteiger partial charge in [-0.15, -0.1) is 0 Å². The highest BCUT2D eigenvalue weighted by Crippen LogP contribution is 2.32. The molecule has 0 amide bonds. The van der Waals surface area contributed by atoms with Crippen molar-refractivity contribution in [1.29, 1.82) is 0 Å². The van der Waals surface area contributed by atoms with Gasteiger partial charge >= 0.3 is 0 Å². The molecule has 0 N–H and O–H groups in total. The lowest BCUT2D eigenvalue weighted by molar-refractivity contribution is 0.288. The molecule has 1 aromatic rings. The molecular weight excluding hydrogens is 368 g/mol. The topological polar surface area (TPSA) is 18.5 Å². The number of hydrogen-bond acceptors (Lipinski definition) is 2. The van der Waals surface area contributed by atoms with Gasteiger partial charge in [-0.2, -0.15) is 0 Å². The number of hydrogen-bond donors (Lipinski definition) is 0. The van der Waals surface area contributed by atoms with Crippen LogP contribution >= 0.6 is 0 Å². The summed E-state index contributed by atoms with van der Waals surface area (Å²) < 4.78 is 11.7. The standard InChI is InChI=1S/C28H46O2/c1-3-5-7-8-9-11-23-29-27-19-21-28(22-20-27)30-24-12-14-26-17-15-25(16-18-26)13-10-6-4-2/h12,14,19-22,25-26H,3-11,13,15-18,23-24H2,1-2H3/b14-12+. The molecule has 0 heterocycles. The fraction of sp³-hybridized carbons (Fsp3) is 0.714. The van der Waals surface area contributed by atoms with Gasteiger partial charge in [0.05, 0.1) is 6.61 Å². The Bertz CT molecular complexity index is 540. The summed E-state index contributed by atoms with van der Waals surface area (Å²) in [5.74, 6) is 3.61. The molecule has 0 aliphatic heterocycles. The van der Waals surface area contributed by atoms with Crippen LogP contribution in [-0.2, 0) is 0 Å². The Morgan fingerprint density at radius 2 is 1.33 bits per heavy atom. The van der Waals surface area contributed by atoms with E-state index in [-0.39, 0.29) is 0 Å². The fourth-order valence-corrected chi connectivity index (χ4v) is 4.45. The van der Waals surface area contributed by atoms with E-state index in [2.05, 4.69) is 26.0 Å². The molecule has 30 heavy (non-hydrogen) atoms. The summed E-state index contributed by atoms with van der Waals surface area (Å²) in [5.41, 5.74) is 0. The summed E-state index contributed by atoms with van der Waals surface area (Å²) in [5, 5.41) is 0. The summed E-state index contributed by atoms with van der Waals surface area (Å²) in [7, 11) is 0. The molecular formula is C28H46O2. The average molecular weight is 415 g/mol. The molecule has 170 valence electrons. The molecule has 1 saturated carbocycles. The highest BCUT2D eigenvalue weighted by atomic mass is 16.5. The Morgan fingerprint density at radius 3 is 2.03 bits per heavy atom. The maximum Gasteiger partial charge on any atom is 0.120 e. The molecule has 2 rings (SSSR count). The molecule has 0 saturated heterocycles. The lowest BCUT2D eigenvalue weighted by atomic mass is 9.79. The van der Waals surface area contributed by atoms with Crippen molar-refractivity contribution in [2.24, 2.45) is 11.8 Å². The Hall–Kier alpha value is -1.44. The van der Waals surface area contributed by atoms with Gasteiger partial charge < -0.3 is 9.47 Å². The Morgan fingerprint density at radius 1 is 0.733 bits per heavy atom. The van der Waals surface area contributed by atoms with E-state index >= 15 is 0 Å². The second kappa shape index (κ2) is 16.3. The van der Waals surface area contributed by atoms with Gasteiger partial charge in [-0.3, -0.25) is 0 Å². The van der Waals surface area contributed by atoms with E-state index in [1.807, 2.05) is 24.3 Å². The van der Waals surface area contributed by atoms with Crippen LogP contribution in [0.1, 0.15) is 104 Å². The molecule has 2 nitrogen and oxygen atoms in total. The maximum atomic E-state index is 5.88.